The molecular formula is C12H15N2+. The number of nitrogens with zero attached hydrogens (tertiary/aromatic N) is 2. The van der Waals surface area contributed by atoms with Crippen molar-refractivity contribution in [1.29, 1.82) is 0 Å². The zero-order valence-corrected chi connectivity index (χ0v) is 8.64. The molecule has 2 rings (SSSR count). The number of rotatable bonds is 2. The highest BCUT2D eigenvalue weighted by Crippen LogP contribution is 2.08. The second kappa shape index (κ2) is 3.74. The molecule has 0 atom stereocenters. The Balaban J connectivity index is 2.41. The molecule has 0 amide bonds. The van der Waals surface area contributed by atoms with Crippen molar-refractivity contribution in [1.82, 2.24) is 5.10 Å². The molecule has 1 aromatic heterocycles. The summed E-state index contributed by atoms with van der Waals surface area (Å²) in [5, 5.41) is 6.82. The molecule has 0 fully saturated rings. The second-order valence-corrected chi connectivity index (χ2v) is 4.02. The summed E-state index contributed by atoms with van der Waals surface area (Å²) in [4.78, 5) is 0. The molecule has 0 spiro atoms. The first-order valence-electron chi connectivity index (χ1n) is 5.00. The maximum absolute atomic E-state index is 4.36. The lowest BCUT2D eigenvalue weighted by Crippen LogP contribution is -2.39. The number of fused-ring (bicyclic) bond motifs is 1. The van der Waals surface area contributed by atoms with Crippen molar-refractivity contribution in [3.63, 3.8) is 0 Å². The molecule has 0 unspecified atom stereocenters. The summed E-state index contributed by atoms with van der Waals surface area (Å²) in [6, 6.07) is 8.30. The van der Waals surface area contributed by atoms with Crippen LogP contribution in [0.2, 0.25) is 0 Å². The van der Waals surface area contributed by atoms with Crippen LogP contribution in [0.5, 0.6) is 0 Å². The minimum Gasteiger partial charge on any atom is -0.0904 e. The van der Waals surface area contributed by atoms with Gasteiger partial charge in [-0.2, -0.15) is 0 Å². The molecule has 2 nitrogen and oxygen atoms in total. The van der Waals surface area contributed by atoms with Gasteiger partial charge in [-0.3, -0.25) is 0 Å². The predicted octanol–water partition coefficient (Wildman–Crippen LogP) is 2.18. The van der Waals surface area contributed by atoms with E-state index in [4.69, 9.17) is 0 Å². The topological polar surface area (TPSA) is 16.8 Å². The van der Waals surface area contributed by atoms with Gasteiger partial charge in [0.15, 0.2) is 6.54 Å². The summed E-state index contributed by atoms with van der Waals surface area (Å²) in [5.41, 5.74) is 0. The first-order valence-corrected chi connectivity index (χ1v) is 5.00. The monoisotopic (exact) mass is 187 g/mol. The van der Waals surface area contributed by atoms with E-state index < -0.39 is 0 Å². The van der Waals surface area contributed by atoms with E-state index >= 15 is 0 Å². The van der Waals surface area contributed by atoms with E-state index in [-0.39, 0.29) is 0 Å². The van der Waals surface area contributed by atoms with Crippen LogP contribution < -0.4 is 4.68 Å². The maximum Gasteiger partial charge on any atom is 0.204 e. The summed E-state index contributed by atoms with van der Waals surface area (Å²) >= 11 is 0. The van der Waals surface area contributed by atoms with Crippen molar-refractivity contribution in [2.45, 2.75) is 20.4 Å². The summed E-state index contributed by atoms with van der Waals surface area (Å²) < 4.78 is 2.01. The quantitative estimate of drug-likeness (QED) is 0.658. The van der Waals surface area contributed by atoms with Crippen LogP contribution in [0, 0.1) is 5.92 Å². The highest BCUT2D eigenvalue weighted by molar-refractivity contribution is 5.79. The standard InChI is InChI=1S/C12H15N2/c1-10(2)8-14-9-12-6-4-3-5-11(12)7-13-14/h3-7,9-10H,8H2,1-2H3/q+1. The minimum atomic E-state index is 0.633. The zero-order valence-electron chi connectivity index (χ0n) is 8.64. The van der Waals surface area contributed by atoms with Crippen LogP contribution in [-0.4, -0.2) is 5.10 Å². The fourth-order valence-electron chi connectivity index (χ4n) is 1.55. The zero-order chi connectivity index (χ0) is 9.97. The smallest absolute Gasteiger partial charge is 0.0904 e. The molecule has 14 heavy (non-hydrogen) atoms. The van der Waals surface area contributed by atoms with Gasteiger partial charge < -0.3 is 0 Å². The van der Waals surface area contributed by atoms with Crippen molar-refractivity contribution in [2.24, 2.45) is 5.92 Å². The van der Waals surface area contributed by atoms with Crippen LogP contribution in [0.1, 0.15) is 13.8 Å². The third-order valence-corrected chi connectivity index (χ3v) is 2.18. The van der Waals surface area contributed by atoms with Crippen LogP contribution in [0.4, 0.5) is 0 Å². The predicted molar refractivity (Wildman–Crippen MR) is 56.8 cm³/mol. The van der Waals surface area contributed by atoms with Crippen molar-refractivity contribution >= 4 is 10.8 Å². The molecule has 0 radical (unpaired) electrons. The molecule has 0 bridgehead atoms. The third-order valence-electron chi connectivity index (χ3n) is 2.18. The maximum atomic E-state index is 4.36. The Morgan fingerprint density at radius 3 is 2.64 bits per heavy atom. The molecule has 0 aliphatic rings. The number of aromatic nitrogens is 2. The second-order valence-electron chi connectivity index (χ2n) is 4.02. The Hall–Kier alpha value is -1.44. The molecule has 72 valence electrons. The van der Waals surface area contributed by atoms with E-state index in [1.54, 1.807) is 0 Å². The fourth-order valence-corrected chi connectivity index (χ4v) is 1.55. The number of hydrogen-bond acceptors (Lipinski definition) is 1. The molecule has 2 aromatic rings. The minimum absolute atomic E-state index is 0.633. The molecule has 0 aliphatic carbocycles. The van der Waals surface area contributed by atoms with E-state index in [0.717, 1.165) is 6.54 Å². The Kier molecular flexibility index (Phi) is 2.44. The third kappa shape index (κ3) is 1.90. The Bertz CT molecular complexity index is 435. The Labute approximate surface area is 84.2 Å². The molecule has 2 heteroatoms. The lowest BCUT2D eigenvalue weighted by Gasteiger charge is -1.98. The lowest BCUT2D eigenvalue weighted by molar-refractivity contribution is -0.757. The highest BCUT2D eigenvalue weighted by atomic mass is 15.2. The molecule has 0 saturated carbocycles. The first-order chi connectivity index (χ1) is 6.75. The van der Waals surface area contributed by atoms with E-state index in [2.05, 4.69) is 43.3 Å². The average molecular weight is 187 g/mol. The van der Waals surface area contributed by atoms with Crippen molar-refractivity contribution < 1.29 is 4.68 Å². The van der Waals surface area contributed by atoms with Gasteiger partial charge in [0.2, 0.25) is 6.20 Å². The Morgan fingerprint density at radius 1 is 1.21 bits per heavy atom. The van der Waals surface area contributed by atoms with Gasteiger partial charge in [0, 0.05) is 16.7 Å². The van der Waals surface area contributed by atoms with Crippen molar-refractivity contribution in [2.75, 3.05) is 0 Å². The van der Waals surface area contributed by atoms with Crippen LogP contribution in [-0.2, 0) is 6.54 Å². The van der Waals surface area contributed by atoms with Crippen LogP contribution in [0.15, 0.2) is 36.7 Å². The summed E-state index contributed by atoms with van der Waals surface area (Å²) in [6.07, 6.45) is 4.03. The SMILES string of the molecule is CC(C)C[n+]1cc2ccccc2cn1. The van der Waals surface area contributed by atoms with Gasteiger partial charge in [0.05, 0.1) is 0 Å². The van der Waals surface area contributed by atoms with Crippen molar-refractivity contribution in [3.8, 4) is 0 Å². The van der Waals surface area contributed by atoms with E-state index in [0.29, 0.717) is 5.92 Å². The molecular weight excluding hydrogens is 172 g/mol. The van der Waals surface area contributed by atoms with Crippen LogP contribution >= 0.6 is 0 Å². The van der Waals surface area contributed by atoms with Crippen LogP contribution in [0.3, 0.4) is 0 Å². The van der Waals surface area contributed by atoms with E-state index in [9.17, 15) is 0 Å². The Morgan fingerprint density at radius 2 is 1.93 bits per heavy atom. The largest absolute Gasteiger partial charge is 0.204 e. The van der Waals surface area contributed by atoms with Gasteiger partial charge in [-0.1, -0.05) is 36.7 Å². The number of benzene rings is 1. The lowest BCUT2D eigenvalue weighted by atomic mass is 10.2. The van der Waals surface area contributed by atoms with Gasteiger partial charge >= 0.3 is 0 Å². The van der Waals surface area contributed by atoms with Crippen LogP contribution in [0.25, 0.3) is 10.8 Å². The van der Waals surface area contributed by atoms with Gasteiger partial charge in [0.25, 0.3) is 0 Å². The fraction of sp³-hybridized carbons (Fsp3) is 0.333. The van der Waals surface area contributed by atoms with Gasteiger partial charge in [0.1, 0.15) is 6.20 Å². The molecule has 0 aliphatic heterocycles. The summed E-state index contributed by atoms with van der Waals surface area (Å²) in [6.45, 7) is 5.37. The average Bonchev–Trinajstić information content (AvgIpc) is 2.17. The molecule has 1 aromatic carbocycles. The van der Waals surface area contributed by atoms with Gasteiger partial charge in [-0.15, -0.1) is 0 Å². The molecule has 0 N–H and O–H groups in total. The molecule has 1 heterocycles. The van der Waals surface area contributed by atoms with Crippen molar-refractivity contribution in [3.05, 3.63) is 36.7 Å². The number of hydrogen-bond donors (Lipinski definition) is 0. The van der Waals surface area contributed by atoms with Gasteiger partial charge in [-0.05, 0) is 11.2 Å². The molecule has 0 saturated heterocycles. The highest BCUT2D eigenvalue weighted by Gasteiger charge is 2.06. The normalized spacial score (nSPS) is 11.1. The summed E-state index contributed by atoms with van der Waals surface area (Å²) in [5.74, 6) is 0.633. The van der Waals surface area contributed by atoms with E-state index in [1.165, 1.54) is 10.8 Å². The first kappa shape index (κ1) is 9.13. The summed E-state index contributed by atoms with van der Waals surface area (Å²) in [7, 11) is 0. The van der Waals surface area contributed by atoms with Gasteiger partial charge in [-0.25, -0.2) is 0 Å². The van der Waals surface area contributed by atoms with E-state index in [1.807, 2.05) is 16.9 Å².